The first-order chi connectivity index (χ1) is 9.46. The van der Waals surface area contributed by atoms with Crippen LogP contribution >= 0.6 is 0 Å². The van der Waals surface area contributed by atoms with Crippen LogP contribution in [0.4, 0.5) is 0 Å². The summed E-state index contributed by atoms with van der Waals surface area (Å²) in [5.41, 5.74) is 0.754. The molecule has 3 aliphatic rings. The Morgan fingerprint density at radius 1 is 1.20 bits per heavy atom. The summed E-state index contributed by atoms with van der Waals surface area (Å²) in [5, 5.41) is 8.49. The maximum absolute atomic E-state index is 5.86. The van der Waals surface area contributed by atoms with Gasteiger partial charge in [-0.1, -0.05) is 6.92 Å². The lowest BCUT2D eigenvalue weighted by Gasteiger charge is -2.49. The van der Waals surface area contributed by atoms with Crippen LogP contribution in [0.5, 0.6) is 0 Å². The van der Waals surface area contributed by atoms with Crippen molar-refractivity contribution in [3.8, 4) is 0 Å². The maximum Gasteiger partial charge on any atom is 0.230 e. The summed E-state index contributed by atoms with van der Waals surface area (Å²) in [7, 11) is 0. The molecule has 0 radical (unpaired) electrons. The van der Waals surface area contributed by atoms with E-state index in [1.807, 2.05) is 0 Å². The van der Waals surface area contributed by atoms with Gasteiger partial charge in [-0.2, -0.15) is 0 Å². The number of hydrogen-bond acceptors (Lipinski definition) is 4. The highest BCUT2D eigenvalue weighted by molar-refractivity contribution is 5.06. The smallest absolute Gasteiger partial charge is 0.230 e. The van der Waals surface area contributed by atoms with Gasteiger partial charge in [0.05, 0.1) is 6.54 Å². The van der Waals surface area contributed by atoms with E-state index in [9.17, 15) is 0 Å². The molecule has 1 saturated heterocycles. The molecule has 0 unspecified atom stereocenters. The van der Waals surface area contributed by atoms with Crippen LogP contribution in [0, 0.1) is 11.3 Å². The molecule has 4 rings (SSSR count). The molecule has 2 atom stereocenters. The fourth-order valence-electron chi connectivity index (χ4n) is 4.24. The standard InChI is InChI=1S/C16H25N3O/c1-15(2)12-6-7-16(3,8-12)10-19(15)9-13-17-18-14(20-13)11-4-5-11/h11-12H,4-10H2,1-3H3/t12-,16+/m0/s1. The third kappa shape index (κ3) is 2.00. The molecule has 2 bridgehead atoms. The van der Waals surface area contributed by atoms with Crippen molar-refractivity contribution in [2.45, 2.75) is 70.9 Å². The average Bonchev–Trinajstić information content (AvgIpc) is 3.02. The molecule has 110 valence electrons. The summed E-state index contributed by atoms with van der Waals surface area (Å²) >= 11 is 0. The third-order valence-electron chi connectivity index (χ3n) is 5.96. The molecule has 1 aromatic rings. The van der Waals surface area contributed by atoms with Crippen LogP contribution in [-0.2, 0) is 6.54 Å². The molecule has 2 heterocycles. The molecule has 0 N–H and O–H groups in total. The lowest BCUT2D eigenvalue weighted by Crippen LogP contribution is -2.55. The fraction of sp³-hybridized carbons (Fsp3) is 0.875. The monoisotopic (exact) mass is 275 g/mol. The van der Waals surface area contributed by atoms with Gasteiger partial charge < -0.3 is 4.42 Å². The summed E-state index contributed by atoms with van der Waals surface area (Å²) in [6, 6.07) is 0. The Labute approximate surface area is 120 Å². The van der Waals surface area contributed by atoms with Crippen LogP contribution in [0.1, 0.15) is 70.6 Å². The third-order valence-corrected chi connectivity index (χ3v) is 5.96. The van der Waals surface area contributed by atoms with Crippen molar-refractivity contribution < 1.29 is 4.42 Å². The maximum atomic E-state index is 5.86. The van der Waals surface area contributed by atoms with Gasteiger partial charge >= 0.3 is 0 Å². The predicted octanol–water partition coefficient (Wildman–Crippen LogP) is 3.35. The van der Waals surface area contributed by atoms with E-state index in [4.69, 9.17) is 4.42 Å². The lowest BCUT2D eigenvalue weighted by atomic mass is 9.75. The molecular formula is C16H25N3O. The number of fused-ring (bicyclic) bond motifs is 2. The second-order valence-electron chi connectivity index (χ2n) is 8.07. The van der Waals surface area contributed by atoms with Crippen LogP contribution < -0.4 is 0 Å². The first kappa shape index (κ1) is 12.8. The van der Waals surface area contributed by atoms with E-state index < -0.39 is 0 Å². The number of likely N-dealkylation sites (tertiary alicyclic amines) is 1. The molecule has 0 aromatic carbocycles. The fourth-order valence-corrected chi connectivity index (χ4v) is 4.24. The first-order valence-electron chi connectivity index (χ1n) is 8.04. The number of hydrogen-bond donors (Lipinski definition) is 0. The van der Waals surface area contributed by atoms with Crippen molar-refractivity contribution in [1.29, 1.82) is 0 Å². The Morgan fingerprint density at radius 3 is 2.75 bits per heavy atom. The van der Waals surface area contributed by atoms with Crippen LogP contribution in [0.25, 0.3) is 0 Å². The summed E-state index contributed by atoms with van der Waals surface area (Å²) in [5.74, 6) is 3.04. The zero-order valence-corrected chi connectivity index (χ0v) is 12.9. The van der Waals surface area contributed by atoms with E-state index in [0.29, 0.717) is 11.3 Å². The minimum absolute atomic E-state index is 0.254. The van der Waals surface area contributed by atoms with Crippen molar-refractivity contribution in [3.05, 3.63) is 11.8 Å². The summed E-state index contributed by atoms with van der Waals surface area (Å²) in [4.78, 5) is 2.58. The molecule has 2 aliphatic carbocycles. The predicted molar refractivity (Wildman–Crippen MR) is 76.2 cm³/mol. The molecule has 4 nitrogen and oxygen atoms in total. The Kier molecular flexibility index (Phi) is 2.60. The average molecular weight is 275 g/mol. The van der Waals surface area contributed by atoms with E-state index in [-0.39, 0.29) is 5.54 Å². The highest BCUT2D eigenvalue weighted by Crippen LogP contribution is 2.53. The molecule has 4 heteroatoms. The first-order valence-corrected chi connectivity index (χ1v) is 8.04. The van der Waals surface area contributed by atoms with E-state index >= 15 is 0 Å². The number of nitrogens with zero attached hydrogens (tertiary/aromatic N) is 3. The molecule has 20 heavy (non-hydrogen) atoms. The number of piperidine rings is 1. The highest BCUT2D eigenvalue weighted by Gasteiger charge is 2.51. The minimum Gasteiger partial charge on any atom is -0.424 e. The van der Waals surface area contributed by atoms with Crippen LogP contribution in [0.15, 0.2) is 4.42 Å². The summed E-state index contributed by atoms with van der Waals surface area (Å²) in [6.45, 7) is 9.20. The summed E-state index contributed by atoms with van der Waals surface area (Å²) < 4.78 is 5.86. The topological polar surface area (TPSA) is 42.2 Å². The SMILES string of the molecule is CC1(C)[C@H]2CC[C@](C)(C2)CN1Cc1nnc(C2CC2)o1. The van der Waals surface area contributed by atoms with Gasteiger partial charge in [0.15, 0.2) is 0 Å². The van der Waals surface area contributed by atoms with Gasteiger partial charge in [0, 0.05) is 18.0 Å². The van der Waals surface area contributed by atoms with Gasteiger partial charge in [-0.25, -0.2) is 0 Å². The molecule has 3 fully saturated rings. The minimum atomic E-state index is 0.254. The van der Waals surface area contributed by atoms with E-state index in [0.717, 1.165) is 30.8 Å². The van der Waals surface area contributed by atoms with Crippen molar-refractivity contribution in [2.24, 2.45) is 11.3 Å². The number of aromatic nitrogens is 2. The second-order valence-corrected chi connectivity index (χ2v) is 8.07. The molecule has 0 spiro atoms. The van der Waals surface area contributed by atoms with Crippen molar-refractivity contribution >= 4 is 0 Å². The van der Waals surface area contributed by atoms with Crippen LogP contribution in [0.2, 0.25) is 0 Å². The quantitative estimate of drug-likeness (QED) is 0.848. The molecular weight excluding hydrogens is 250 g/mol. The van der Waals surface area contributed by atoms with Crippen molar-refractivity contribution in [2.75, 3.05) is 6.54 Å². The largest absolute Gasteiger partial charge is 0.424 e. The van der Waals surface area contributed by atoms with E-state index in [2.05, 4.69) is 35.9 Å². The lowest BCUT2D eigenvalue weighted by molar-refractivity contribution is -0.0183. The second kappa shape index (κ2) is 4.06. The van der Waals surface area contributed by atoms with Crippen LogP contribution in [-0.4, -0.2) is 27.2 Å². The summed E-state index contributed by atoms with van der Waals surface area (Å²) in [6.07, 6.45) is 6.56. The van der Waals surface area contributed by atoms with Gasteiger partial charge in [-0.05, 0) is 57.3 Å². The molecule has 0 amide bonds. The highest BCUT2D eigenvalue weighted by atomic mass is 16.4. The zero-order valence-electron chi connectivity index (χ0n) is 12.9. The van der Waals surface area contributed by atoms with Crippen molar-refractivity contribution in [1.82, 2.24) is 15.1 Å². The Hall–Kier alpha value is -0.900. The molecule has 2 saturated carbocycles. The zero-order chi connectivity index (χ0) is 14.0. The number of rotatable bonds is 3. The molecule has 1 aromatic heterocycles. The Bertz CT molecular complexity index is 520. The van der Waals surface area contributed by atoms with E-state index in [1.54, 1.807) is 0 Å². The molecule has 1 aliphatic heterocycles. The van der Waals surface area contributed by atoms with Gasteiger partial charge in [0.1, 0.15) is 0 Å². The van der Waals surface area contributed by atoms with Gasteiger partial charge in [0.25, 0.3) is 0 Å². The van der Waals surface area contributed by atoms with Gasteiger partial charge in [-0.15, -0.1) is 10.2 Å². The van der Waals surface area contributed by atoms with Crippen molar-refractivity contribution in [3.63, 3.8) is 0 Å². The van der Waals surface area contributed by atoms with Gasteiger partial charge in [0.2, 0.25) is 11.8 Å². The van der Waals surface area contributed by atoms with Gasteiger partial charge in [-0.3, -0.25) is 4.90 Å². The van der Waals surface area contributed by atoms with E-state index in [1.165, 1.54) is 32.1 Å². The Balaban J connectivity index is 1.54. The Morgan fingerprint density at radius 2 is 2.00 bits per heavy atom. The normalized spacial score (nSPS) is 36.5. The van der Waals surface area contributed by atoms with Crippen LogP contribution in [0.3, 0.4) is 0 Å².